The van der Waals surface area contributed by atoms with E-state index in [1.807, 2.05) is 78.9 Å². The molecule has 0 saturated heterocycles. The van der Waals surface area contributed by atoms with Crippen LogP contribution in [0.5, 0.6) is 0 Å². The maximum absolute atomic E-state index is 9.38. The van der Waals surface area contributed by atoms with E-state index in [2.05, 4.69) is 15.8 Å². The Morgan fingerprint density at radius 2 is 1.19 bits per heavy atom. The van der Waals surface area contributed by atoms with Crippen LogP contribution in [-0.2, 0) is 0 Å². The molecule has 0 atom stereocenters. The van der Waals surface area contributed by atoms with Crippen molar-refractivity contribution in [2.75, 3.05) is 0 Å². The summed E-state index contributed by atoms with van der Waals surface area (Å²) in [5.41, 5.74) is 8.04. The van der Waals surface area contributed by atoms with Gasteiger partial charge in [-0.15, -0.1) is 0 Å². The van der Waals surface area contributed by atoms with E-state index >= 15 is 0 Å². The highest BCUT2D eigenvalue weighted by atomic mass is 14.8. The van der Waals surface area contributed by atoms with Gasteiger partial charge in [0.1, 0.15) is 0 Å². The molecule has 0 aliphatic heterocycles. The molecule has 0 radical (unpaired) electrons. The average molecular weight is 535 g/mol. The highest BCUT2D eigenvalue weighted by Crippen LogP contribution is 2.43. The van der Waals surface area contributed by atoms with Crippen LogP contribution in [-0.4, -0.2) is 15.0 Å². The van der Waals surface area contributed by atoms with Gasteiger partial charge in [0.15, 0.2) is 11.4 Å². The van der Waals surface area contributed by atoms with Crippen LogP contribution >= 0.6 is 0 Å². The minimum absolute atomic E-state index is 0.475. The Kier molecular flexibility index (Phi) is 5.83. The van der Waals surface area contributed by atoms with E-state index in [-0.39, 0.29) is 0 Å². The number of aromatic nitrogens is 3. The lowest BCUT2D eigenvalue weighted by Gasteiger charge is -2.16. The number of para-hydroxylation sites is 1. The van der Waals surface area contributed by atoms with Crippen molar-refractivity contribution in [1.82, 2.24) is 15.0 Å². The Morgan fingerprint density at radius 3 is 1.88 bits per heavy atom. The van der Waals surface area contributed by atoms with E-state index in [1.165, 1.54) is 0 Å². The molecule has 7 aromatic rings. The second-order valence-corrected chi connectivity index (χ2v) is 9.74. The lowest BCUT2D eigenvalue weighted by atomic mass is 9.96. The molecule has 192 valence electrons. The van der Waals surface area contributed by atoms with E-state index in [1.54, 1.807) is 30.3 Å². The van der Waals surface area contributed by atoms with E-state index in [9.17, 15) is 5.26 Å². The second kappa shape index (κ2) is 9.96. The van der Waals surface area contributed by atoms with Gasteiger partial charge < -0.3 is 0 Å². The molecule has 0 N–H and O–H groups in total. The fourth-order valence-corrected chi connectivity index (χ4v) is 5.34. The smallest absolute Gasteiger partial charge is 0.197 e. The molecule has 0 amide bonds. The zero-order chi connectivity index (χ0) is 28.6. The van der Waals surface area contributed by atoms with Gasteiger partial charge in [-0.3, -0.25) is 0 Å². The summed E-state index contributed by atoms with van der Waals surface area (Å²) in [6, 6.07) is 36.2. The minimum Gasteiger partial charge on any atom is -0.247 e. The van der Waals surface area contributed by atoms with E-state index in [0.717, 1.165) is 44.1 Å². The summed E-state index contributed by atoms with van der Waals surface area (Å²) in [7, 11) is 0. The molecule has 0 fully saturated rings. The Morgan fingerprint density at radius 1 is 0.571 bits per heavy atom. The zero-order valence-corrected chi connectivity index (χ0v) is 22.1. The number of fused-ring (bicyclic) bond motifs is 5. The van der Waals surface area contributed by atoms with Crippen LogP contribution in [0, 0.1) is 24.5 Å². The largest absolute Gasteiger partial charge is 0.247 e. The first kappa shape index (κ1) is 24.6. The highest BCUT2D eigenvalue weighted by molar-refractivity contribution is 6.24. The van der Waals surface area contributed by atoms with Crippen molar-refractivity contribution in [3.8, 4) is 39.8 Å². The Bertz CT molecular complexity index is 2300. The number of hydrogen-bond donors (Lipinski definition) is 0. The van der Waals surface area contributed by atoms with Crippen LogP contribution in [0.4, 0.5) is 11.4 Å². The van der Waals surface area contributed by atoms with Crippen LogP contribution in [0.15, 0.2) is 109 Å². The van der Waals surface area contributed by atoms with Gasteiger partial charge in [0.05, 0.1) is 58.4 Å². The molecule has 6 nitrogen and oxygen atoms in total. The summed E-state index contributed by atoms with van der Waals surface area (Å²) in [5, 5.41) is 11.8. The molecule has 0 spiro atoms. The van der Waals surface area contributed by atoms with Crippen molar-refractivity contribution in [3.63, 3.8) is 0 Å². The Hall–Kier alpha value is -6.42. The van der Waals surface area contributed by atoms with E-state index in [4.69, 9.17) is 28.1 Å². The molecule has 0 aliphatic carbocycles. The molecule has 6 heteroatoms. The highest BCUT2D eigenvalue weighted by Gasteiger charge is 2.21. The molecule has 0 aliphatic rings. The summed E-state index contributed by atoms with van der Waals surface area (Å²) < 4.78 is 0. The molecule has 2 heterocycles. The first-order valence-electron chi connectivity index (χ1n) is 13.2. The summed E-state index contributed by atoms with van der Waals surface area (Å²) in [5.74, 6) is 0. The fraction of sp³-hybridized carbons (Fsp3) is 0. The first-order chi connectivity index (χ1) is 20.7. The maximum Gasteiger partial charge on any atom is 0.197 e. The summed E-state index contributed by atoms with van der Waals surface area (Å²) >= 11 is 0. The van der Waals surface area contributed by atoms with Crippen LogP contribution in [0.25, 0.3) is 76.2 Å². The maximum atomic E-state index is 9.38. The number of rotatable bonds is 3. The topological polar surface area (TPSA) is 71.2 Å². The SMILES string of the molecule is [C-]#[N+]c1ccc(-c2nc3cc([N+]#[C-])c4c5ccccc5nc(-c5ccccc5)c4c3nc2-c2ccc(C#N)cc2)cc1. The Balaban J connectivity index is 1.66. The van der Waals surface area contributed by atoms with Crippen molar-refractivity contribution >= 4 is 44.1 Å². The average Bonchev–Trinajstić information content (AvgIpc) is 3.07. The van der Waals surface area contributed by atoms with Crippen LogP contribution in [0.3, 0.4) is 0 Å². The summed E-state index contributed by atoms with van der Waals surface area (Å²) in [4.78, 5) is 22.9. The predicted octanol–water partition coefficient (Wildman–Crippen LogP) is 9.31. The molecule has 7 rings (SSSR count). The lowest BCUT2D eigenvalue weighted by Crippen LogP contribution is -1.98. The molecule has 5 aromatic carbocycles. The van der Waals surface area contributed by atoms with Crippen molar-refractivity contribution in [2.45, 2.75) is 0 Å². The molecule has 0 saturated carbocycles. The zero-order valence-electron chi connectivity index (χ0n) is 22.1. The monoisotopic (exact) mass is 534 g/mol. The van der Waals surface area contributed by atoms with Gasteiger partial charge >= 0.3 is 0 Å². The van der Waals surface area contributed by atoms with Crippen molar-refractivity contribution < 1.29 is 0 Å². The molecule has 2 aromatic heterocycles. The third-order valence-electron chi connectivity index (χ3n) is 7.31. The van der Waals surface area contributed by atoms with Crippen LogP contribution in [0.1, 0.15) is 5.56 Å². The van der Waals surface area contributed by atoms with E-state index in [0.29, 0.717) is 39.4 Å². The van der Waals surface area contributed by atoms with Gasteiger partial charge in [0, 0.05) is 21.9 Å². The fourth-order valence-electron chi connectivity index (χ4n) is 5.34. The van der Waals surface area contributed by atoms with Crippen molar-refractivity contribution in [1.29, 1.82) is 5.26 Å². The van der Waals surface area contributed by atoms with Gasteiger partial charge in [-0.1, -0.05) is 84.9 Å². The molecular weight excluding hydrogens is 516 g/mol. The van der Waals surface area contributed by atoms with Crippen LogP contribution < -0.4 is 0 Å². The summed E-state index contributed by atoms with van der Waals surface area (Å²) in [6.07, 6.45) is 0. The number of nitrogens with zero attached hydrogens (tertiary/aromatic N) is 6. The minimum atomic E-state index is 0.475. The normalized spacial score (nSPS) is 10.8. The standard InChI is InChI=1S/C36H18N6/c1-38-26-18-16-25(17-19-26)34-35(24-14-12-22(21-37)13-15-24)42-36-30(41-34)20-29(39-2)31-27-10-6-7-11-28(27)40-33(32(31)36)23-8-4-3-5-9-23/h3-20H. The van der Waals surface area contributed by atoms with Gasteiger partial charge in [-0.25, -0.2) is 24.6 Å². The molecule has 0 unspecified atom stereocenters. The Labute approximate surface area is 241 Å². The summed E-state index contributed by atoms with van der Waals surface area (Å²) in [6.45, 7) is 15.5. The van der Waals surface area contributed by atoms with Crippen molar-refractivity contribution in [3.05, 3.63) is 138 Å². The number of hydrogen-bond acceptors (Lipinski definition) is 4. The predicted molar refractivity (Wildman–Crippen MR) is 166 cm³/mol. The van der Waals surface area contributed by atoms with E-state index < -0.39 is 0 Å². The number of benzene rings is 5. The molecule has 0 bridgehead atoms. The lowest BCUT2D eigenvalue weighted by molar-refractivity contribution is 1.30. The number of pyridine rings is 1. The third kappa shape index (κ3) is 3.98. The molecule has 42 heavy (non-hydrogen) atoms. The quantitative estimate of drug-likeness (QED) is 0.167. The third-order valence-corrected chi connectivity index (χ3v) is 7.31. The van der Waals surface area contributed by atoms with Crippen molar-refractivity contribution in [2.24, 2.45) is 0 Å². The first-order valence-corrected chi connectivity index (χ1v) is 13.2. The molecular formula is C36H18N6. The van der Waals surface area contributed by atoms with Gasteiger partial charge in [-0.05, 0) is 35.2 Å². The van der Waals surface area contributed by atoms with Gasteiger partial charge in [0.2, 0.25) is 0 Å². The van der Waals surface area contributed by atoms with Crippen LogP contribution in [0.2, 0.25) is 0 Å². The van der Waals surface area contributed by atoms with Gasteiger partial charge in [0.25, 0.3) is 0 Å². The second-order valence-electron chi connectivity index (χ2n) is 9.74. The van der Waals surface area contributed by atoms with Gasteiger partial charge in [-0.2, -0.15) is 5.26 Å². The number of nitriles is 1.